The van der Waals surface area contributed by atoms with Crippen molar-refractivity contribution in [2.45, 2.75) is 31.2 Å². The summed E-state index contributed by atoms with van der Waals surface area (Å²) in [5, 5.41) is 11.0. The Kier molecular flexibility index (Phi) is 9.49. The van der Waals surface area contributed by atoms with Crippen molar-refractivity contribution >= 4 is 51.5 Å². The summed E-state index contributed by atoms with van der Waals surface area (Å²) in [5.74, 6) is -3.92. The summed E-state index contributed by atoms with van der Waals surface area (Å²) < 4.78 is 74.8. The molecule has 5 nitrogen and oxygen atoms in total. The van der Waals surface area contributed by atoms with Gasteiger partial charge in [-0.2, -0.15) is 26.3 Å². The average Bonchev–Trinajstić information content (AvgIpc) is 3.57. The normalized spacial score (nSPS) is 12.6. The summed E-state index contributed by atoms with van der Waals surface area (Å²) in [6, 6.07) is 19.8. The Morgan fingerprint density at radius 1 is 0.929 bits per heavy atom. The zero-order chi connectivity index (χ0) is 30.7. The fraction of sp³-hybridized carbons (Fsp3) is 0.179. The van der Waals surface area contributed by atoms with Gasteiger partial charge in [0.15, 0.2) is 0 Å². The number of fused-ring (bicyclic) bond motifs is 1. The van der Waals surface area contributed by atoms with Crippen molar-refractivity contribution in [3.63, 3.8) is 0 Å². The van der Waals surface area contributed by atoms with Crippen molar-refractivity contribution in [3.8, 4) is 0 Å². The number of benzene rings is 3. The molecule has 14 heteroatoms. The highest BCUT2D eigenvalue weighted by molar-refractivity contribution is 7.09. The number of hydrogen-bond acceptors (Lipinski definition) is 4. The van der Waals surface area contributed by atoms with E-state index in [1.807, 2.05) is 29.6 Å². The molecule has 0 radical (unpaired) electrons. The van der Waals surface area contributed by atoms with Gasteiger partial charge in [0.1, 0.15) is 5.01 Å². The van der Waals surface area contributed by atoms with E-state index in [1.165, 1.54) is 15.9 Å². The highest BCUT2D eigenvalue weighted by Gasteiger charge is 2.38. The molecule has 1 N–H and O–H groups in total. The second-order valence-corrected chi connectivity index (χ2v) is 10.7. The van der Waals surface area contributed by atoms with Gasteiger partial charge < -0.3 is 9.67 Å². The van der Waals surface area contributed by atoms with Crippen molar-refractivity contribution in [2.24, 2.45) is 0 Å². The van der Waals surface area contributed by atoms with Crippen LogP contribution >= 0.6 is 34.5 Å². The molecule has 2 aromatic heterocycles. The first-order chi connectivity index (χ1) is 19.7. The van der Waals surface area contributed by atoms with E-state index < -0.39 is 24.1 Å². The van der Waals surface area contributed by atoms with E-state index in [4.69, 9.17) is 33.1 Å². The third kappa shape index (κ3) is 7.61. The van der Waals surface area contributed by atoms with Gasteiger partial charge in [0.05, 0.1) is 17.0 Å². The average molecular weight is 646 g/mol. The molecule has 2 heterocycles. The number of carbonyl (C=O) groups is 1. The molecular weight excluding hydrogens is 627 g/mol. The summed E-state index contributed by atoms with van der Waals surface area (Å²) >= 11 is 13.6. The highest BCUT2D eigenvalue weighted by Crippen LogP contribution is 2.37. The number of hydrogen-bond donors (Lipinski definition) is 1. The molecule has 0 spiro atoms. The molecule has 1 unspecified atom stereocenters. The number of alkyl halides is 6. The van der Waals surface area contributed by atoms with Crippen LogP contribution in [0, 0.1) is 0 Å². The van der Waals surface area contributed by atoms with Crippen LogP contribution in [-0.2, 0) is 23.9 Å². The van der Waals surface area contributed by atoms with Crippen molar-refractivity contribution < 1.29 is 36.2 Å². The molecule has 0 aliphatic rings. The van der Waals surface area contributed by atoms with Gasteiger partial charge in [-0.15, -0.1) is 11.3 Å². The van der Waals surface area contributed by atoms with E-state index in [1.54, 1.807) is 48.7 Å². The topological polar surface area (TPSA) is 68.0 Å². The van der Waals surface area contributed by atoms with E-state index in [0.717, 1.165) is 21.7 Å². The quantitative estimate of drug-likeness (QED) is 0.187. The molecule has 3 aromatic carbocycles. The second kappa shape index (κ2) is 12.7. The molecule has 0 saturated carbocycles. The van der Waals surface area contributed by atoms with Crippen molar-refractivity contribution in [1.82, 2.24) is 14.5 Å². The predicted molar refractivity (Wildman–Crippen MR) is 148 cm³/mol. The van der Waals surface area contributed by atoms with Crippen LogP contribution in [0.5, 0.6) is 0 Å². The van der Waals surface area contributed by atoms with Crippen LogP contribution in [0.2, 0.25) is 10.0 Å². The molecular formula is C28H19Cl2F6N3O2S. The minimum atomic E-state index is -5.08. The molecule has 0 fully saturated rings. The van der Waals surface area contributed by atoms with Crippen LogP contribution in [0.15, 0.2) is 78.3 Å². The van der Waals surface area contributed by atoms with Crippen molar-refractivity contribution in [1.29, 1.82) is 0 Å². The number of aryl methyl sites for hydroxylation is 2. The number of carboxylic acids is 1. The first-order valence-corrected chi connectivity index (χ1v) is 13.6. The Balaban J connectivity index is 0.000000517. The number of carboxylic acid groups (broad SMARTS) is 1. The molecule has 42 heavy (non-hydrogen) atoms. The lowest BCUT2D eigenvalue weighted by atomic mass is 9.91. The van der Waals surface area contributed by atoms with Gasteiger partial charge in [-0.05, 0) is 59.5 Å². The number of aliphatic carboxylic acids is 1. The molecule has 0 bridgehead atoms. The van der Waals surface area contributed by atoms with Crippen LogP contribution in [-0.4, -0.2) is 31.8 Å². The van der Waals surface area contributed by atoms with E-state index in [9.17, 15) is 26.3 Å². The standard InChI is InChI=1S/C26H18Cl2F3N3S.C2HF3O2/c27-19-7-4-17(5-8-19)23(24-32-11-13-35-24)18-6-9-21-22(15-18)34(25(33-21)26(29,30)31)12-10-16-2-1-3-20(28)14-16;3-2(4,5)1(6)7/h1-9,11,13-15,23H,10,12H2;(H,6,7). The van der Waals surface area contributed by atoms with Crippen molar-refractivity contribution in [3.05, 3.63) is 116 Å². The molecule has 5 aromatic rings. The van der Waals surface area contributed by atoms with Gasteiger partial charge in [-0.3, -0.25) is 0 Å². The smallest absolute Gasteiger partial charge is 0.475 e. The fourth-order valence-corrected chi connectivity index (χ4v) is 5.34. The lowest BCUT2D eigenvalue weighted by molar-refractivity contribution is -0.192. The monoisotopic (exact) mass is 645 g/mol. The van der Waals surface area contributed by atoms with Crippen LogP contribution in [0.25, 0.3) is 11.0 Å². The molecule has 1 atom stereocenters. The van der Waals surface area contributed by atoms with Gasteiger partial charge in [0, 0.05) is 28.2 Å². The molecule has 0 amide bonds. The molecule has 220 valence electrons. The first kappa shape index (κ1) is 31.3. The molecule has 0 saturated heterocycles. The van der Waals surface area contributed by atoms with E-state index in [-0.39, 0.29) is 12.5 Å². The number of halogens is 8. The number of nitrogens with zero attached hydrogens (tertiary/aromatic N) is 3. The summed E-state index contributed by atoms with van der Waals surface area (Å²) in [4.78, 5) is 17.3. The maximum absolute atomic E-state index is 13.9. The Hall–Kier alpha value is -3.61. The van der Waals surface area contributed by atoms with Gasteiger partial charge in [0.2, 0.25) is 5.82 Å². The molecule has 0 aliphatic heterocycles. The van der Waals surface area contributed by atoms with E-state index in [0.29, 0.717) is 27.5 Å². The fourth-order valence-electron chi connectivity index (χ4n) is 4.21. The largest absolute Gasteiger partial charge is 0.490 e. The predicted octanol–water partition coefficient (Wildman–Crippen LogP) is 8.87. The highest BCUT2D eigenvalue weighted by atomic mass is 35.5. The number of aromatic nitrogens is 3. The maximum atomic E-state index is 13.9. The van der Waals surface area contributed by atoms with Crippen LogP contribution < -0.4 is 0 Å². The zero-order valence-corrected chi connectivity index (χ0v) is 23.5. The number of thiazole rings is 1. The Labute approximate surface area is 249 Å². The summed E-state index contributed by atoms with van der Waals surface area (Å²) in [5.41, 5.74) is 3.34. The van der Waals surface area contributed by atoms with Crippen molar-refractivity contribution in [2.75, 3.05) is 0 Å². The van der Waals surface area contributed by atoms with Crippen LogP contribution in [0.3, 0.4) is 0 Å². The minimum absolute atomic E-state index is 0.109. The number of rotatable bonds is 6. The molecule has 5 rings (SSSR count). The lowest BCUT2D eigenvalue weighted by Gasteiger charge is -2.17. The summed E-state index contributed by atoms with van der Waals surface area (Å²) in [7, 11) is 0. The minimum Gasteiger partial charge on any atom is -0.475 e. The van der Waals surface area contributed by atoms with Gasteiger partial charge in [0.25, 0.3) is 0 Å². The molecule has 0 aliphatic carbocycles. The van der Waals surface area contributed by atoms with Crippen LogP contribution in [0.4, 0.5) is 26.3 Å². The van der Waals surface area contributed by atoms with E-state index in [2.05, 4.69) is 9.97 Å². The Morgan fingerprint density at radius 3 is 2.17 bits per heavy atom. The zero-order valence-electron chi connectivity index (χ0n) is 21.1. The van der Waals surface area contributed by atoms with Gasteiger partial charge >= 0.3 is 18.3 Å². The summed E-state index contributed by atoms with van der Waals surface area (Å²) in [6.45, 7) is 0.109. The second-order valence-electron chi connectivity index (χ2n) is 8.87. The van der Waals surface area contributed by atoms with Gasteiger partial charge in [-0.1, -0.05) is 53.5 Å². The van der Waals surface area contributed by atoms with Gasteiger partial charge in [-0.25, -0.2) is 14.8 Å². The first-order valence-electron chi connectivity index (χ1n) is 12.0. The third-order valence-corrected chi connectivity index (χ3v) is 7.34. The Bertz CT molecular complexity index is 1670. The maximum Gasteiger partial charge on any atom is 0.490 e. The lowest BCUT2D eigenvalue weighted by Crippen LogP contribution is -2.21. The summed E-state index contributed by atoms with van der Waals surface area (Å²) in [6.07, 6.45) is -7.57. The SMILES string of the molecule is FC(F)(F)c1nc2ccc(C(c3ccc(Cl)cc3)c3nccs3)cc2n1CCc1cccc(Cl)c1.O=C(O)C(F)(F)F. The Morgan fingerprint density at radius 2 is 1.60 bits per heavy atom. The van der Waals surface area contributed by atoms with Crippen LogP contribution in [0.1, 0.15) is 33.4 Å². The van der Waals surface area contributed by atoms with E-state index >= 15 is 0 Å². The third-order valence-electron chi connectivity index (χ3n) is 6.02. The number of imidazole rings is 1.